The van der Waals surface area contributed by atoms with Gasteiger partial charge in [0.2, 0.25) is 0 Å². The zero-order chi connectivity index (χ0) is 15.9. The van der Waals surface area contributed by atoms with E-state index in [0.29, 0.717) is 11.5 Å². The molecule has 1 nitrogen and oxygen atoms in total. The fourth-order valence-electron chi connectivity index (χ4n) is 2.53. The molecule has 0 amide bonds. The van der Waals surface area contributed by atoms with Gasteiger partial charge in [-0.1, -0.05) is 41.0 Å². The summed E-state index contributed by atoms with van der Waals surface area (Å²) < 4.78 is 0. The van der Waals surface area contributed by atoms with Gasteiger partial charge < -0.3 is 4.90 Å². The fraction of sp³-hybridized carbons (Fsp3) is 0.700. The minimum atomic E-state index is 0. The molecule has 22 heavy (non-hydrogen) atoms. The molecule has 1 fully saturated rings. The molecule has 0 unspecified atom stereocenters. The number of hydrogen-bond donors (Lipinski definition) is 0. The number of unbranched alkanes of at least 4 members (excludes halogenated alkanes) is 1. The Kier molecular flexibility index (Phi) is 11.1. The maximum Gasteiger partial charge on any atom is 0.0175 e. The number of nitrogens with zero attached hydrogens (tertiary/aromatic N) is 1. The maximum atomic E-state index is 3.44. The van der Waals surface area contributed by atoms with Crippen LogP contribution in [0, 0.1) is 6.07 Å². The fourth-order valence-corrected chi connectivity index (χ4v) is 2.53. The zero-order valence-electron chi connectivity index (χ0n) is 15.6. The Labute approximate surface area is 164 Å². The van der Waals surface area contributed by atoms with E-state index < -0.39 is 0 Å². The van der Waals surface area contributed by atoms with Gasteiger partial charge in [-0.05, 0) is 45.2 Å². The molecule has 1 aromatic carbocycles. The van der Waals surface area contributed by atoms with Crippen LogP contribution in [0.25, 0.3) is 0 Å². The molecular weight excluding hydrogens is 343 g/mol. The molecule has 0 aliphatic heterocycles. The number of hydrogen-bond acceptors (Lipinski definition) is 1. The summed E-state index contributed by atoms with van der Waals surface area (Å²) in [6.45, 7) is 15.5. The van der Waals surface area contributed by atoms with Crippen molar-refractivity contribution < 1.29 is 32.7 Å². The van der Waals surface area contributed by atoms with Gasteiger partial charge in [0, 0.05) is 38.2 Å². The molecule has 123 valence electrons. The molecule has 1 aliphatic carbocycles. The van der Waals surface area contributed by atoms with Crippen LogP contribution in [0.2, 0.25) is 0 Å². The van der Waals surface area contributed by atoms with Crippen LogP contribution in [-0.4, -0.2) is 17.0 Å². The minimum Gasteiger partial charge on any atom is -0.305 e. The van der Waals surface area contributed by atoms with E-state index in [1.54, 1.807) is 0 Å². The van der Waals surface area contributed by atoms with E-state index in [-0.39, 0.29) is 32.7 Å². The monoisotopic (exact) mass is 377 g/mol. The van der Waals surface area contributed by atoms with Crippen molar-refractivity contribution in [1.82, 2.24) is 4.90 Å². The van der Waals surface area contributed by atoms with Gasteiger partial charge >= 0.3 is 0 Å². The summed E-state index contributed by atoms with van der Waals surface area (Å²) >= 11 is 0. The third-order valence-electron chi connectivity index (χ3n) is 4.42. The summed E-state index contributed by atoms with van der Waals surface area (Å²) in [5.41, 5.74) is 3.21. The molecule has 0 spiro atoms. The SMILES string of the molecule is CC.CCCCN(Cc1c[c-]c(C(C)C)cc1)C1(C)CC1.[Y]. The van der Waals surface area contributed by atoms with Gasteiger partial charge in [0.25, 0.3) is 0 Å². The van der Waals surface area contributed by atoms with Crippen molar-refractivity contribution in [3.8, 4) is 0 Å². The average molecular weight is 377 g/mol. The number of benzene rings is 1. The predicted molar refractivity (Wildman–Crippen MR) is 93.7 cm³/mol. The van der Waals surface area contributed by atoms with E-state index >= 15 is 0 Å². The molecule has 0 aromatic heterocycles. The first-order chi connectivity index (χ1) is 10.0. The Hall–Kier alpha value is 0.284. The minimum absolute atomic E-state index is 0. The first-order valence-electron chi connectivity index (χ1n) is 8.81. The van der Waals surface area contributed by atoms with Crippen LogP contribution in [0.15, 0.2) is 18.2 Å². The summed E-state index contributed by atoms with van der Waals surface area (Å²) in [5.74, 6) is 0.575. The zero-order valence-corrected chi connectivity index (χ0v) is 18.4. The van der Waals surface area contributed by atoms with Crippen LogP contribution < -0.4 is 0 Å². The van der Waals surface area contributed by atoms with Gasteiger partial charge in [-0.3, -0.25) is 0 Å². The molecule has 2 rings (SSSR count). The standard InChI is InChI=1S/C18H28N.C2H6.Y/c1-5-6-13-19(18(4)11-12-18)14-16-7-9-17(10-8-16)15(2)3;1-2;/h7-9,15H,5-6,11-14H2,1-4H3;1-2H3;/q-1;;. The largest absolute Gasteiger partial charge is 0.305 e. The molecule has 2 heteroatoms. The van der Waals surface area contributed by atoms with Crippen LogP contribution >= 0.6 is 0 Å². The predicted octanol–water partition coefficient (Wildman–Crippen LogP) is 5.79. The van der Waals surface area contributed by atoms with Crippen molar-refractivity contribution in [2.75, 3.05) is 6.54 Å². The van der Waals surface area contributed by atoms with Gasteiger partial charge in [-0.25, -0.2) is 0 Å². The molecule has 0 bridgehead atoms. The Morgan fingerprint density at radius 1 is 1.23 bits per heavy atom. The second kappa shape index (κ2) is 10.9. The summed E-state index contributed by atoms with van der Waals surface area (Å²) in [7, 11) is 0. The molecule has 1 saturated carbocycles. The molecule has 1 radical (unpaired) electrons. The Balaban J connectivity index is 0.00000141. The van der Waals surface area contributed by atoms with Crippen molar-refractivity contribution in [2.45, 2.75) is 85.2 Å². The van der Waals surface area contributed by atoms with Crippen LogP contribution in [0.1, 0.15) is 84.3 Å². The maximum absolute atomic E-state index is 3.44. The molecule has 0 heterocycles. The average Bonchev–Trinajstić information content (AvgIpc) is 3.25. The van der Waals surface area contributed by atoms with E-state index in [2.05, 4.69) is 56.9 Å². The van der Waals surface area contributed by atoms with Crippen LogP contribution in [0.3, 0.4) is 0 Å². The van der Waals surface area contributed by atoms with Crippen molar-refractivity contribution in [3.05, 3.63) is 35.4 Å². The Morgan fingerprint density at radius 3 is 2.27 bits per heavy atom. The first kappa shape index (κ1) is 22.3. The first-order valence-corrected chi connectivity index (χ1v) is 8.81. The third kappa shape index (κ3) is 6.81. The van der Waals surface area contributed by atoms with E-state index in [9.17, 15) is 0 Å². The van der Waals surface area contributed by atoms with Gasteiger partial charge in [0.05, 0.1) is 0 Å². The summed E-state index contributed by atoms with van der Waals surface area (Å²) in [4.78, 5) is 2.68. The van der Waals surface area contributed by atoms with Gasteiger partial charge in [0.15, 0.2) is 0 Å². The topological polar surface area (TPSA) is 3.24 Å². The van der Waals surface area contributed by atoms with Gasteiger partial charge in [-0.2, -0.15) is 29.8 Å². The molecule has 1 aliphatic rings. The molecular formula is C20H34NY-. The van der Waals surface area contributed by atoms with E-state index in [1.807, 2.05) is 13.8 Å². The summed E-state index contributed by atoms with van der Waals surface area (Å²) in [6.07, 6.45) is 5.32. The molecule has 0 saturated heterocycles. The number of rotatable bonds is 7. The van der Waals surface area contributed by atoms with Gasteiger partial charge in [-0.15, -0.1) is 5.56 Å². The smallest absolute Gasteiger partial charge is 0.0175 e. The molecule has 0 atom stereocenters. The van der Waals surface area contributed by atoms with Crippen molar-refractivity contribution in [1.29, 1.82) is 0 Å². The van der Waals surface area contributed by atoms with E-state index in [4.69, 9.17) is 0 Å². The normalized spacial score (nSPS) is 15.1. The molecule has 0 N–H and O–H groups in total. The van der Waals surface area contributed by atoms with E-state index in [0.717, 1.165) is 6.54 Å². The quantitative estimate of drug-likeness (QED) is 0.544. The third-order valence-corrected chi connectivity index (χ3v) is 4.42. The Morgan fingerprint density at radius 2 is 1.86 bits per heavy atom. The summed E-state index contributed by atoms with van der Waals surface area (Å²) in [6, 6.07) is 10.2. The van der Waals surface area contributed by atoms with Crippen LogP contribution in [-0.2, 0) is 39.3 Å². The van der Waals surface area contributed by atoms with Gasteiger partial charge in [0.1, 0.15) is 0 Å². The second-order valence-corrected chi connectivity index (χ2v) is 6.58. The molecule has 1 aromatic rings. The van der Waals surface area contributed by atoms with Crippen molar-refractivity contribution in [2.24, 2.45) is 0 Å². The Bertz CT molecular complexity index is 393. The van der Waals surface area contributed by atoms with Crippen LogP contribution in [0.4, 0.5) is 0 Å². The van der Waals surface area contributed by atoms with Crippen LogP contribution in [0.5, 0.6) is 0 Å². The van der Waals surface area contributed by atoms with Crippen molar-refractivity contribution >= 4 is 0 Å². The van der Waals surface area contributed by atoms with E-state index in [1.165, 1.54) is 43.4 Å². The second-order valence-electron chi connectivity index (χ2n) is 6.58. The summed E-state index contributed by atoms with van der Waals surface area (Å²) in [5, 5.41) is 0. The van der Waals surface area contributed by atoms with Crippen molar-refractivity contribution in [3.63, 3.8) is 0 Å².